The van der Waals surface area contributed by atoms with Crippen molar-refractivity contribution in [1.29, 1.82) is 0 Å². The number of esters is 1. The first kappa shape index (κ1) is 15.0. The van der Waals surface area contributed by atoms with Crippen LogP contribution in [0.25, 0.3) is 0 Å². The van der Waals surface area contributed by atoms with Crippen LogP contribution < -0.4 is 0 Å². The number of thioether (sulfide) groups is 1. The first-order chi connectivity index (χ1) is 7.16. The highest BCUT2D eigenvalue weighted by Gasteiger charge is 1.95. The second-order valence-corrected chi connectivity index (χ2v) is 5.27. The number of carbonyl (C=O) groups excluding carboxylic acids is 1. The molecule has 0 amide bonds. The molecule has 0 aliphatic rings. The lowest BCUT2D eigenvalue weighted by Crippen LogP contribution is -1.99. The Kier molecular flexibility index (Phi) is 10.6. The lowest BCUT2D eigenvalue weighted by Gasteiger charge is -2.00. The molecule has 0 aliphatic heterocycles. The van der Waals surface area contributed by atoms with E-state index < -0.39 is 0 Å². The molecular weight excluding hydrogens is 276 g/mol. The fraction of sp³-hybridized carbons (Fsp3) is 0.727. The summed E-state index contributed by atoms with van der Waals surface area (Å²) in [6.07, 6.45) is 5.15. The maximum Gasteiger partial charge on any atom is 0.302 e. The summed E-state index contributed by atoms with van der Waals surface area (Å²) in [5.74, 6) is 0.892. The van der Waals surface area contributed by atoms with E-state index in [1.165, 1.54) is 32.6 Å². The van der Waals surface area contributed by atoms with Crippen LogP contribution in [-0.4, -0.2) is 18.3 Å². The largest absolute Gasteiger partial charge is 0.460 e. The van der Waals surface area contributed by atoms with E-state index in [0.717, 1.165) is 10.2 Å². The summed E-state index contributed by atoms with van der Waals surface area (Å²) in [6, 6.07) is 0. The van der Waals surface area contributed by atoms with Crippen LogP contribution in [-0.2, 0) is 9.53 Å². The molecule has 0 rings (SSSR count). The number of hydrogen-bond donors (Lipinski definition) is 0. The van der Waals surface area contributed by atoms with Gasteiger partial charge in [0.15, 0.2) is 0 Å². The monoisotopic (exact) mass is 294 g/mol. The van der Waals surface area contributed by atoms with Crippen LogP contribution in [0, 0.1) is 0 Å². The highest BCUT2D eigenvalue weighted by atomic mass is 79.9. The minimum absolute atomic E-state index is 0.242. The van der Waals surface area contributed by atoms with Gasteiger partial charge in [-0.3, -0.25) is 4.79 Å². The van der Waals surface area contributed by atoms with Crippen molar-refractivity contribution in [2.75, 3.05) is 12.4 Å². The van der Waals surface area contributed by atoms with E-state index in [0.29, 0.717) is 6.61 Å². The first-order valence-electron chi connectivity index (χ1n) is 5.26. The molecule has 0 spiro atoms. The smallest absolute Gasteiger partial charge is 0.302 e. The van der Waals surface area contributed by atoms with Crippen LogP contribution in [0.15, 0.2) is 9.89 Å². The Bertz CT molecular complexity index is 205. The van der Waals surface area contributed by atoms with Crippen molar-refractivity contribution in [2.45, 2.75) is 39.5 Å². The van der Waals surface area contributed by atoms with E-state index >= 15 is 0 Å². The summed E-state index contributed by atoms with van der Waals surface area (Å²) in [4.78, 5) is 10.5. The molecule has 0 saturated carbocycles. The molecule has 0 aromatic rings. The number of rotatable bonds is 8. The molecule has 0 N–H and O–H groups in total. The highest BCUT2D eigenvalue weighted by molar-refractivity contribution is 9.11. The van der Waals surface area contributed by atoms with E-state index in [9.17, 15) is 4.79 Å². The Morgan fingerprint density at radius 2 is 2.13 bits per heavy atom. The predicted octanol–water partition coefficient (Wildman–Crippen LogP) is 4.10. The number of halogens is 1. The molecule has 4 heteroatoms. The Balaban J connectivity index is 3.37. The summed E-state index contributed by atoms with van der Waals surface area (Å²) in [5, 5.41) is 2.01. The average molecular weight is 295 g/mol. The average Bonchev–Trinajstić information content (AvgIpc) is 2.20. The molecule has 0 atom stereocenters. The third-order valence-corrected chi connectivity index (χ3v) is 3.48. The molecule has 0 bridgehead atoms. The van der Waals surface area contributed by atoms with Gasteiger partial charge in [0.2, 0.25) is 0 Å². The van der Waals surface area contributed by atoms with Crippen molar-refractivity contribution in [3.8, 4) is 0 Å². The van der Waals surface area contributed by atoms with Gasteiger partial charge in [0, 0.05) is 11.4 Å². The zero-order valence-electron chi connectivity index (χ0n) is 9.42. The molecule has 0 heterocycles. The summed E-state index contributed by atoms with van der Waals surface area (Å²) >= 11 is 5.12. The summed E-state index contributed by atoms with van der Waals surface area (Å²) < 4.78 is 5.76. The minimum Gasteiger partial charge on any atom is -0.460 e. The zero-order chi connectivity index (χ0) is 11.5. The van der Waals surface area contributed by atoms with Crippen LogP contribution in [0.3, 0.4) is 0 Å². The normalized spacial score (nSPS) is 11.5. The van der Waals surface area contributed by atoms with Gasteiger partial charge in [-0.15, -0.1) is 11.8 Å². The standard InChI is InChI=1S/C11H19BrO2S/c1-3-4-5-6-7-15-9-11(12)8-14-10(2)13/h9H,3-8H2,1-2H3. The molecule has 88 valence electrons. The van der Waals surface area contributed by atoms with E-state index in [2.05, 4.69) is 22.9 Å². The Morgan fingerprint density at radius 3 is 2.73 bits per heavy atom. The van der Waals surface area contributed by atoms with E-state index in [-0.39, 0.29) is 5.97 Å². The molecule has 0 saturated heterocycles. The third kappa shape index (κ3) is 12.0. The SMILES string of the molecule is CCCCCCSC=C(Br)COC(C)=O. The summed E-state index contributed by atoms with van der Waals surface area (Å²) in [6.45, 7) is 3.97. The van der Waals surface area contributed by atoms with Gasteiger partial charge >= 0.3 is 5.97 Å². The molecule has 15 heavy (non-hydrogen) atoms. The third-order valence-electron chi connectivity index (χ3n) is 1.74. The maximum absolute atomic E-state index is 10.5. The second kappa shape index (κ2) is 10.6. The van der Waals surface area contributed by atoms with Gasteiger partial charge in [-0.2, -0.15) is 0 Å². The lowest BCUT2D eigenvalue weighted by molar-refractivity contribution is -0.139. The van der Waals surface area contributed by atoms with E-state index in [1.807, 2.05) is 5.41 Å². The maximum atomic E-state index is 10.5. The van der Waals surface area contributed by atoms with Crippen molar-refractivity contribution in [3.05, 3.63) is 9.89 Å². The lowest BCUT2D eigenvalue weighted by atomic mass is 10.2. The van der Waals surface area contributed by atoms with Crippen LogP contribution in [0.5, 0.6) is 0 Å². The van der Waals surface area contributed by atoms with Gasteiger partial charge in [-0.25, -0.2) is 0 Å². The molecule has 0 radical (unpaired) electrons. The van der Waals surface area contributed by atoms with Gasteiger partial charge < -0.3 is 4.74 Å². The van der Waals surface area contributed by atoms with Gasteiger partial charge in [0.1, 0.15) is 6.61 Å². The summed E-state index contributed by atoms with van der Waals surface area (Å²) in [7, 11) is 0. The van der Waals surface area contributed by atoms with Crippen molar-refractivity contribution < 1.29 is 9.53 Å². The van der Waals surface area contributed by atoms with Crippen molar-refractivity contribution >= 4 is 33.7 Å². The van der Waals surface area contributed by atoms with Crippen LogP contribution in [0.4, 0.5) is 0 Å². The molecular formula is C11H19BrO2S. The van der Waals surface area contributed by atoms with Crippen LogP contribution in [0.1, 0.15) is 39.5 Å². The second-order valence-electron chi connectivity index (χ2n) is 3.28. The topological polar surface area (TPSA) is 26.3 Å². The van der Waals surface area contributed by atoms with Crippen LogP contribution >= 0.6 is 27.7 Å². The fourth-order valence-corrected chi connectivity index (χ4v) is 2.21. The van der Waals surface area contributed by atoms with Crippen molar-refractivity contribution in [2.24, 2.45) is 0 Å². The van der Waals surface area contributed by atoms with Gasteiger partial charge in [-0.1, -0.05) is 42.1 Å². The quantitative estimate of drug-likeness (QED) is 0.498. The number of carbonyl (C=O) groups is 1. The number of unbranched alkanes of at least 4 members (excludes halogenated alkanes) is 3. The molecule has 0 fully saturated rings. The minimum atomic E-state index is -0.242. The molecule has 0 aliphatic carbocycles. The first-order valence-corrected chi connectivity index (χ1v) is 7.10. The van der Waals surface area contributed by atoms with Crippen LogP contribution in [0.2, 0.25) is 0 Å². The van der Waals surface area contributed by atoms with E-state index in [4.69, 9.17) is 4.74 Å². The fourth-order valence-electron chi connectivity index (χ4n) is 0.966. The molecule has 2 nitrogen and oxygen atoms in total. The molecule has 0 aromatic carbocycles. The van der Waals surface area contributed by atoms with Gasteiger partial charge in [-0.05, 0) is 17.6 Å². The molecule has 0 unspecified atom stereocenters. The Morgan fingerprint density at radius 1 is 1.40 bits per heavy atom. The zero-order valence-corrected chi connectivity index (χ0v) is 11.8. The van der Waals surface area contributed by atoms with E-state index in [1.54, 1.807) is 11.8 Å². The van der Waals surface area contributed by atoms with Gasteiger partial charge in [0.25, 0.3) is 0 Å². The Labute approximate surface area is 105 Å². The summed E-state index contributed by atoms with van der Waals surface area (Å²) in [5.41, 5.74) is 0. The highest BCUT2D eigenvalue weighted by Crippen LogP contribution is 2.15. The Hall–Kier alpha value is 0.0400. The number of ether oxygens (including phenoxy) is 1. The molecule has 0 aromatic heterocycles. The predicted molar refractivity (Wildman–Crippen MR) is 70.2 cm³/mol. The van der Waals surface area contributed by atoms with Crippen molar-refractivity contribution in [3.63, 3.8) is 0 Å². The number of hydrogen-bond acceptors (Lipinski definition) is 3. The van der Waals surface area contributed by atoms with Gasteiger partial charge in [0.05, 0.1) is 0 Å². The van der Waals surface area contributed by atoms with Crippen molar-refractivity contribution in [1.82, 2.24) is 0 Å².